The highest BCUT2D eigenvalue weighted by atomic mass is 16.5. The Morgan fingerprint density at radius 1 is 1.24 bits per heavy atom. The Bertz CT molecular complexity index is 228. The summed E-state index contributed by atoms with van der Waals surface area (Å²) in [5, 5.41) is 3.53. The second-order valence-electron chi connectivity index (χ2n) is 6.34. The standard InChI is InChI=1S/C14H30N2O/c1-11(2)15-9-12(3)13(4)16-7-8-17-10-14(16,5)6/h11-13,15H,7-10H2,1-6H3. The van der Waals surface area contributed by atoms with E-state index in [9.17, 15) is 0 Å². The summed E-state index contributed by atoms with van der Waals surface area (Å²) < 4.78 is 5.59. The van der Waals surface area contributed by atoms with Crippen molar-refractivity contribution < 1.29 is 4.74 Å². The van der Waals surface area contributed by atoms with Gasteiger partial charge in [-0.3, -0.25) is 4.90 Å². The molecule has 102 valence electrons. The highest BCUT2D eigenvalue weighted by molar-refractivity contribution is 4.89. The van der Waals surface area contributed by atoms with Gasteiger partial charge in [0.2, 0.25) is 0 Å². The van der Waals surface area contributed by atoms with Gasteiger partial charge in [0.15, 0.2) is 0 Å². The van der Waals surface area contributed by atoms with Crippen LogP contribution < -0.4 is 5.32 Å². The fourth-order valence-corrected chi connectivity index (χ4v) is 2.52. The summed E-state index contributed by atoms with van der Waals surface area (Å²) in [5.41, 5.74) is 0.170. The maximum atomic E-state index is 5.59. The molecule has 2 unspecified atom stereocenters. The predicted molar refractivity (Wildman–Crippen MR) is 73.4 cm³/mol. The Kier molecular flexibility index (Phi) is 5.42. The monoisotopic (exact) mass is 242 g/mol. The highest BCUT2D eigenvalue weighted by Crippen LogP contribution is 2.24. The fraction of sp³-hybridized carbons (Fsp3) is 1.00. The van der Waals surface area contributed by atoms with Crippen LogP contribution in [0.25, 0.3) is 0 Å². The van der Waals surface area contributed by atoms with Crippen molar-refractivity contribution in [1.82, 2.24) is 10.2 Å². The Balaban J connectivity index is 2.52. The van der Waals surface area contributed by atoms with Crippen LogP contribution in [0.5, 0.6) is 0 Å². The molecule has 3 nitrogen and oxygen atoms in total. The van der Waals surface area contributed by atoms with E-state index in [0.29, 0.717) is 18.0 Å². The molecule has 0 aromatic heterocycles. The second-order valence-corrected chi connectivity index (χ2v) is 6.34. The fourth-order valence-electron chi connectivity index (χ4n) is 2.52. The van der Waals surface area contributed by atoms with Crippen LogP contribution in [0.4, 0.5) is 0 Å². The summed E-state index contributed by atoms with van der Waals surface area (Å²) >= 11 is 0. The molecule has 1 saturated heterocycles. The van der Waals surface area contributed by atoms with Gasteiger partial charge in [-0.2, -0.15) is 0 Å². The predicted octanol–water partition coefficient (Wildman–Crippen LogP) is 2.12. The zero-order valence-electron chi connectivity index (χ0n) is 12.4. The average Bonchev–Trinajstić information content (AvgIpc) is 2.24. The van der Waals surface area contributed by atoms with Crippen molar-refractivity contribution >= 4 is 0 Å². The lowest BCUT2D eigenvalue weighted by molar-refractivity contribution is -0.0776. The minimum atomic E-state index is 0.170. The van der Waals surface area contributed by atoms with Gasteiger partial charge in [0, 0.05) is 24.2 Å². The third-order valence-corrected chi connectivity index (χ3v) is 3.87. The van der Waals surface area contributed by atoms with Gasteiger partial charge in [0.1, 0.15) is 0 Å². The van der Waals surface area contributed by atoms with Crippen LogP contribution in [0, 0.1) is 5.92 Å². The summed E-state index contributed by atoms with van der Waals surface area (Å²) in [6.07, 6.45) is 0. The summed E-state index contributed by atoms with van der Waals surface area (Å²) in [5.74, 6) is 0.662. The van der Waals surface area contributed by atoms with E-state index in [1.165, 1.54) is 0 Å². The molecule has 1 aliphatic heterocycles. The number of nitrogens with zero attached hydrogens (tertiary/aromatic N) is 1. The molecule has 0 amide bonds. The van der Waals surface area contributed by atoms with Crippen molar-refractivity contribution in [3.05, 3.63) is 0 Å². The lowest BCUT2D eigenvalue weighted by Gasteiger charge is -2.47. The van der Waals surface area contributed by atoms with E-state index in [-0.39, 0.29) is 5.54 Å². The third kappa shape index (κ3) is 4.23. The zero-order chi connectivity index (χ0) is 13.1. The van der Waals surface area contributed by atoms with Crippen molar-refractivity contribution in [3.63, 3.8) is 0 Å². The second kappa shape index (κ2) is 6.17. The first-order valence-electron chi connectivity index (χ1n) is 6.92. The molecule has 3 heteroatoms. The van der Waals surface area contributed by atoms with E-state index in [2.05, 4.69) is 51.8 Å². The molecule has 1 aliphatic rings. The normalized spacial score (nSPS) is 24.9. The first-order chi connectivity index (χ1) is 7.84. The van der Waals surface area contributed by atoms with Gasteiger partial charge in [-0.15, -0.1) is 0 Å². The van der Waals surface area contributed by atoms with Gasteiger partial charge in [0.25, 0.3) is 0 Å². The van der Waals surface area contributed by atoms with E-state index in [1.807, 2.05) is 0 Å². The molecule has 1 rings (SSSR count). The Morgan fingerprint density at radius 2 is 1.88 bits per heavy atom. The molecule has 0 aliphatic carbocycles. The van der Waals surface area contributed by atoms with Gasteiger partial charge in [0.05, 0.1) is 13.2 Å². The SMILES string of the molecule is CC(C)NCC(C)C(C)N1CCOCC1(C)C. The third-order valence-electron chi connectivity index (χ3n) is 3.87. The average molecular weight is 242 g/mol. The van der Waals surface area contributed by atoms with Crippen LogP contribution in [0.2, 0.25) is 0 Å². The van der Waals surface area contributed by atoms with E-state index in [0.717, 1.165) is 26.3 Å². The molecule has 1 heterocycles. The van der Waals surface area contributed by atoms with Crippen LogP contribution in [0.3, 0.4) is 0 Å². The van der Waals surface area contributed by atoms with Crippen molar-refractivity contribution in [3.8, 4) is 0 Å². The largest absolute Gasteiger partial charge is 0.378 e. The van der Waals surface area contributed by atoms with Gasteiger partial charge in [-0.1, -0.05) is 20.8 Å². The molecule has 0 bridgehead atoms. The minimum absolute atomic E-state index is 0.170. The molecular weight excluding hydrogens is 212 g/mol. The van der Waals surface area contributed by atoms with E-state index >= 15 is 0 Å². The summed E-state index contributed by atoms with van der Waals surface area (Å²) in [4.78, 5) is 2.60. The van der Waals surface area contributed by atoms with E-state index in [1.54, 1.807) is 0 Å². The van der Waals surface area contributed by atoms with Crippen molar-refractivity contribution in [2.45, 2.75) is 59.2 Å². The molecule has 1 N–H and O–H groups in total. The van der Waals surface area contributed by atoms with Gasteiger partial charge >= 0.3 is 0 Å². The van der Waals surface area contributed by atoms with Crippen LogP contribution in [-0.4, -0.2) is 48.8 Å². The molecule has 2 atom stereocenters. The Morgan fingerprint density at radius 3 is 2.41 bits per heavy atom. The maximum absolute atomic E-state index is 5.59. The van der Waals surface area contributed by atoms with Crippen molar-refractivity contribution in [2.75, 3.05) is 26.3 Å². The topological polar surface area (TPSA) is 24.5 Å². The number of rotatable bonds is 5. The molecular formula is C14H30N2O. The molecule has 0 aromatic carbocycles. The van der Waals surface area contributed by atoms with Crippen LogP contribution in [-0.2, 0) is 4.74 Å². The maximum Gasteiger partial charge on any atom is 0.0645 e. The number of nitrogens with one attached hydrogen (secondary N) is 1. The number of ether oxygens (including phenoxy) is 1. The first-order valence-corrected chi connectivity index (χ1v) is 6.92. The number of hydrogen-bond acceptors (Lipinski definition) is 3. The lowest BCUT2D eigenvalue weighted by atomic mass is 9.94. The summed E-state index contributed by atoms with van der Waals surface area (Å²) in [7, 11) is 0. The Labute approximate surface area is 107 Å². The molecule has 0 aromatic rings. The quantitative estimate of drug-likeness (QED) is 0.799. The number of morpholine rings is 1. The van der Waals surface area contributed by atoms with Gasteiger partial charge < -0.3 is 10.1 Å². The number of hydrogen-bond donors (Lipinski definition) is 1. The smallest absolute Gasteiger partial charge is 0.0645 e. The van der Waals surface area contributed by atoms with Crippen molar-refractivity contribution in [2.24, 2.45) is 5.92 Å². The van der Waals surface area contributed by atoms with Crippen LogP contribution >= 0.6 is 0 Å². The van der Waals surface area contributed by atoms with Gasteiger partial charge in [-0.25, -0.2) is 0 Å². The molecule has 1 fully saturated rings. The molecule has 17 heavy (non-hydrogen) atoms. The van der Waals surface area contributed by atoms with Crippen LogP contribution in [0.1, 0.15) is 41.5 Å². The minimum Gasteiger partial charge on any atom is -0.378 e. The summed E-state index contributed by atoms with van der Waals surface area (Å²) in [6.45, 7) is 17.5. The summed E-state index contributed by atoms with van der Waals surface area (Å²) in [6, 6.07) is 1.17. The Hall–Kier alpha value is -0.120. The van der Waals surface area contributed by atoms with E-state index < -0.39 is 0 Å². The highest BCUT2D eigenvalue weighted by Gasteiger charge is 2.35. The zero-order valence-corrected chi connectivity index (χ0v) is 12.4. The van der Waals surface area contributed by atoms with Gasteiger partial charge in [-0.05, 0) is 33.2 Å². The molecule has 0 radical (unpaired) electrons. The van der Waals surface area contributed by atoms with Crippen LogP contribution in [0.15, 0.2) is 0 Å². The van der Waals surface area contributed by atoms with E-state index in [4.69, 9.17) is 4.74 Å². The first kappa shape index (κ1) is 14.9. The lowest BCUT2D eigenvalue weighted by Crippen LogP contribution is -2.58. The van der Waals surface area contributed by atoms with Crippen molar-refractivity contribution in [1.29, 1.82) is 0 Å². The molecule has 0 spiro atoms. The molecule has 0 saturated carbocycles.